The highest BCUT2D eigenvalue weighted by Crippen LogP contribution is 2.49. The maximum Gasteiger partial charge on any atom is 0.407 e. The number of rotatable bonds is 6. The highest BCUT2D eigenvalue weighted by atomic mass is 16.5. The van der Waals surface area contributed by atoms with Crippen molar-refractivity contribution in [2.75, 3.05) is 26.2 Å². The average molecular weight is 461 g/mol. The predicted molar refractivity (Wildman–Crippen MR) is 126 cm³/mol. The van der Waals surface area contributed by atoms with Gasteiger partial charge in [-0.2, -0.15) is 0 Å². The zero-order valence-electron chi connectivity index (χ0n) is 18.9. The lowest BCUT2D eigenvalue weighted by molar-refractivity contribution is -0.149. The Balaban J connectivity index is 1.11. The van der Waals surface area contributed by atoms with Crippen molar-refractivity contribution < 1.29 is 24.2 Å². The Morgan fingerprint density at radius 2 is 1.76 bits per heavy atom. The molecule has 7 heteroatoms. The van der Waals surface area contributed by atoms with E-state index in [-0.39, 0.29) is 37.4 Å². The van der Waals surface area contributed by atoms with Crippen LogP contribution in [0.5, 0.6) is 0 Å². The molecule has 2 aromatic rings. The molecule has 1 saturated carbocycles. The van der Waals surface area contributed by atoms with Crippen molar-refractivity contribution in [3.63, 3.8) is 0 Å². The van der Waals surface area contributed by atoms with Crippen LogP contribution >= 0.6 is 0 Å². The topological polar surface area (TPSA) is 95.9 Å². The fourth-order valence-corrected chi connectivity index (χ4v) is 5.86. The van der Waals surface area contributed by atoms with Gasteiger partial charge in [0.15, 0.2) is 0 Å². The minimum absolute atomic E-state index is 0.00792. The molecule has 2 fully saturated rings. The molecule has 1 saturated heterocycles. The summed E-state index contributed by atoms with van der Waals surface area (Å²) in [4.78, 5) is 38.2. The summed E-state index contributed by atoms with van der Waals surface area (Å²) >= 11 is 0. The predicted octanol–water partition coefficient (Wildman–Crippen LogP) is 3.79. The van der Waals surface area contributed by atoms with Crippen LogP contribution in [0, 0.1) is 11.3 Å². The zero-order chi connectivity index (χ0) is 23.7. The van der Waals surface area contributed by atoms with Crippen LogP contribution < -0.4 is 5.32 Å². The van der Waals surface area contributed by atoms with Crippen LogP contribution in [0.25, 0.3) is 11.1 Å². The number of carboxylic acid groups (broad SMARTS) is 1. The summed E-state index contributed by atoms with van der Waals surface area (Å²) in [5.74, 6) is -0.997. The van der Waals surface area contributed by atoms with E-state index in [0.717, 1.165) is 24.0 Å². The number of carbonyl (C=O) groups is 3. The van der Waals surface area contributed by atoms with Gasteiger partial charge in [0.05, 0.1) is 5.41 Å². The van der Waals surface area contributed by atoms with Crippen molar-refractivity contribution in [3.05, 3.63) is 71.8 Å². The monoisotopic (exact) mass is 460 g/mol. The highest BCUT2D eigenvalue weighted by molar-refractivity contribution is 5.89. The van der Waals surface area contributed by atoms with Crippen molar-refractivity contribution in [1.29, 1.82) is 0 Å². The fourth-order valence-electron chi connectivity index (χ4n) is 5.86. The number of aliphatic carboxylic acids is 1. The number of amides is 2. The van der Waals surface area contributed by atoms with E-state index in [4.69, 9.17) is 4.74 Å². The molecule has 176 valence electrons. The van der Waals surface area contributed by atoms with Gasteiger partial charge in [-0.3, -0.25) is 9.59 Å². The molecule has 0 bridgehead atoms. The number of nitrogens with zero attached hydrogens (tertiary/aromatic N) is 1. The number of ether oxygens (including phenoxy) is 1. The van der Waals surface area contributed by atoms with Gasteiger partial charge < -0.3 is 20.1 Å². The Kier molecular flexibility index (Phi) is 5.86. The molecule has 0 aromatic heterocycles. The minimum atomic E-state index is -0.800. The molecule has 2 N–H and O–H groups in total. The van der Waals surface area contributed by atoms with E-state index in [9.17, 15) is 19.5 Å². The van der Waals surface area contributed by atoms with Crippen molar-refractivity contribution >= 4 is 18.0 Å². The normalized spacial score (nSPS) is 22.9. The second-order valence-electron chi connectivity index (χ2n) is 9.38. The summed E-state index contributed by atoms with van der Waals surface area (Å²) in [6.07, 6.45) is 4.82. The lowest BCUT2D eigenvalue weighted by Crippen LogP contribution is -2.36. The molecule has 1 aliphatic heterocycles. The standard InChI is InChI=1S/C27H28N2O5/c30-24(29-15-18-7-5-13-27(18,17-29)25(31)32)12-6-14-28-26(33)34-16-23-21-10-3-1-8-19(21)20-9-2-4-11-22(20)23/h1-4,6,8-12,18,23H,5,7,13-17H2,(H,28,33)(H,31,32)/b12-6+/t18-,27-/m0/s1. The Morgan fingerprint density at radius 1 is 1.09 bits per heavy atom. The van der Waals surface area contributed by atoms with Crippen LogP contribution in [-0.4, -0.2) is 54.2 Å². The van der Waals surface area contributed by atoms with Gasteiger partial charge in [0.25, 0.3) is 0 Å². The molecular weight excluding hydrogens is 432 g/mol. The number of carboxylic acids is 1. The number of benzene rings is 2. The summed E-state index contributed by atoms with van der Waals surface area (Å²) in [5.41, 5.74) is 3.85. The number of likely N-dealkylation sites (tertiary alicyclic amines) is 1. The fraction of sp³-hybridized carbons (Fsp3) is 0.370. The lowest BCUT2D eigenvalue weighted by atomic mass is 9.81. The summed E-state index contributed by atoms with van der Waals surface area (Å²) in [6, 6.07) is 16.3. The first-order chi connectivity index (χ1) is 16.5. The molecule has 34 heavy (non-hydrogen) atoms. The van der Waals surface area contributed by atoms with E-state index in [1.54, 1.807) is 11.0 Å². The molecule has 2 atom stereocenters. The zero-order valence-corrected chi connectivity index (χ0v) is 18.9. The molecule has 5 rings (SSSR count). The third kappa shape index (κ3) is 3.85. The SMILES string of the molecule is O=C(NC/C=C/C(=O)N1C[C@@H]2CCC[C@]2(C(=O)O)C1)OCC1c2ccccc2-c2ccccc21. The van der Waals surface area contributed by atoms with Crippen LogP contribution in [0.15, 0.2) is 60.7 Å². The maximum atomic E-state index is 12.5. The van der Waals surface area contributed by atoms with E-state index in [1.165, 1.54) is 17.2 Å². The highest BCUT2D eigenvalue weighted by Gasteiger charge is 2.55. The maximum absolute atomic E-state index is 12.5. The second kappa shape index (κ2) is 8.97. The second-order valence-corrected chi connectivity index (χ2v) is 9.38. The Hall–Kier alpha value is -3.61. The minimum Gasteiger partial charge on any atom is -0.481 e. The van der Waals surface area contributed by atoms with Gasteiger partial charge >= 0.3 is 12.1 Å². The van der Waals surface area contributed by atoms with Crippen LogP contribution in [0.1, 0.15) is 36.3 Å². The number of hydrogen-bond donors (Lipinski definition) is 2. The van der Waals surface area contributed by atoms with Gasteiger partial charge in [0.2, 0.25) is 5.91 Å². The van der Waals surface area contributed by atoms with Crippen molar-refractivity contribution in [3.8, 4) is 11.1 Å². The van der Waals surface area contributed by atoms with E-state index < -0.39 is 17.5 Å². The largest absolute Gasteiger partial charge is 0.481 e. The van der Waals surface area contributed by atoms with E-state index >= 15 is 0 Å². The number of carbonyl (C=O) groups excluding carboxylic acids is 2. The van der Waals surface area contributed by atoms with Crippen LogP contribution in [0.3, 0.4) is 0 Å². The molecule has 2 amide bonds. The molecule has 0 unspecified atom stereocenters. The number of alkyl carbamates (subject to hydrolysis) is 1. The first-order valence-corrected chi connectivity index (χ1v) is 11.8. The molecular formula is C27H28N2O5. The van der Waals surface area contributed by atoms with Gasteiger partial charge in [0.1, 0.15) is 6.61 Å². The Labute approximate surface area is 198 Å². The Morgan fingerprint density at radius 3 is 2.41 bits per heavy atom. The van der Waals surface area contributed by atoms with Gasteiger partial charge in [0, 0.05) is 31.6 Å². The Bertz CT molecular complexity index is 1110. The van der Waals surface area contributed by atoms with Crippen LogP contribution in [0.4, 0.5) is 4.79 Å². The van der Waals surface area contributed by atoms with Crippen molar-refractivity contribution in [2.24, 2.45) is 11.3 Å². The molecule has 1 heterocycles. The lowest BCUT2D eigenvalue weighted by Gasteiger charge is -2.22. The van der Waals surface area contributed by atoms with Gasteiger partial charge in [-0.1, -0.05) is 61.0 Å². The molecule has 0 spiro atoms. The molecule has 2 aliphatic carbocycles. The third-order valence-electron chi connectivity index (χ3n) is 7.58. The molecule has 7 nitrogen and oxygen atoms in total. The first-order valence-electron chi connectivity index (χ1n) is 11.8. The van der Waals surface area contributed by atoms with Gasteiger partial charge in [-0.15, -0.1) is 0 Å². The number of fused-ring (bicyclic) bond motifs is 4. The average Bonchev–Trinajstić information content (AvgIpc) is 3.50. The van der Waals surface area contributed by atoms with Gasteiger partial charge in [-0.25, -0.2) is 4.79 Å². The quantitative estimate of drug-likeness (QED) is 0.640. The summed E-state index contributed by atoms with van der Waals surface area (Å²) in [7, 11) is 0. The molecule has 3 aliphatic rings. The smallest absolute Gasteiger partial charge is 0.407 e. The molecule has 0 radical (unpaired) electrons. The summed E-state index contributed by atoms with van der Waals surface area (Å²) in [5, 5.41) is 12.3. The van der Waals surface area contributed by atoms with Crippen molar-refractivity contribution in [1.82, 2.24) is 10.2 Å². The van der Waals surface area contributed by atoms with Crippen LogP contribution in [0.2, 0.25) is 0 Å². The van der Waals surface area contributed by atoms with E-state index in [0.29, 0.717) is 13.0 Å². The molecule has 2 aromatic carbocycles. The number of nitrogens with one attached hydrogen (secondary N) is 1. The van der Waals surface area contributed by atoms with E-state index in [2.05, 4.69) is 29.6 Å². The summed E-state index contributed by atoms with van der Waals surface area (Å²) < 4.78 is 5.49. The number of hydrogen-bond acceptors (Lipinski definition) is 4. The summed E-state index contributed by atoms with van der Waals surface area (Å²) in [6.45, 7) is 1.13. The first kappa shape index (κ1) is 22.2. The van der Waals surface area contributed by atoms with E-state index in [1.807, 2.05) is 24.3 Å². The van der Waals surface area contributed by atoms with Gasteiger partial charge in [-0.05, 0) is 41.0 Å². The third-order valence-corrected chi connectivity index (χ3v) is 7.58. The van der Waals surface area contributed by atoms with Crippen molar-refractivity contribution in [2.45, 2.75) is 25.2 Å². The van der Waals surface area contributed by atoms with Crippen LogP contribution in [-0.2, 0) is 14.3 Å².